The molecule has 246 valence electrons. The lowest BCUT2D eigenvalue weighted by Gasteiger charge is -2.34. The molecular formula is C36H36Cl3N3O4S. The van der Waals surface area contributed by atoms with Gasteiger partial charge in [-0.05, 0) is 72.9 Å². The molecule has 1 fully saturated rings. The predicted molar refractivity (Wildman–Crippen MR) is 189 cm³/mol. The van der Waals surface area contributed by atoms with Gasteiger partial charge in [-0.25, -0.2) is 8.42 Å². The number of benzene rings is 4. The Morgan fingerprint density at radius 2 is 1.47 bits per heavy atom. The summed E-state index contributed by atoms with van der Waals surface area (Å²) < 4.78 is 29.4. The van der Waals surface area contributed by atoms with Crippen LogP contribution in [-0.4, -0.2) is 43.8 Å². The van der Waals surface area contributed by atoms with E-state index < -0.39 is 28.5 Å². The maximum absolute atomic E-state index is 14.6. The molecule has 0 heterocycles. The third-order valence-corrected chi connectivity index (χ3v) is 11.3. The Bertz CT molecular complexity index is 1820. The van der Waals surface area contributed by atoms with Crippen molar-refractivity contribution in [2.45, 2.75) is 62.6 Å². The quantitative estimate of drug-likeness (QED) is 0.162. The average molecular weight is 713 g/mol. The second-order valence-electron chi connectivity index (χ2n) is 11.7. The highest BCUT2D eigenvalue weighted by molar-refractivity contribution is 7.92. The molecule has 1 atom stereocenters. The van der Waals surface area contributed by atoms with Crippen molar-refractivity contribution in [3.63, 3.8) is 0 Å². The number of aryl methyl sites for hydroxylation is 1. The van der Waals surface area contributed by atoms with Crippen LogP contribution in [-0.2, 0) is 32.6 Å². The molecule has 1 aliphatic rings. The molecule has 1 N–H and O–H groups in total. The summed E-state index contributed by atoms with van der Waals surface area (Å²) >= 11 is 19.0. The molecule has 4 aromatic rings. The van der Waals surface area contributed by atoms with E-state index in [1.807, 2.05) is 37.3 Å². The molecule has 0 unspecified atom stereocenters. The van der Waals surface area contributed by atoms with Gasteiger partial charge in [0.1, 0.15) is 12.6 Å². The smallest absolute Gasteiger partial charge is 0.264 e. The second kappa shape index (κ2) is 15.6. The average Bonchev–Trinajstić information content (AvgIpc) is 3.58. The summed E-state index contributed by atoms with van der Waals surface area (Å²) in [6.07, 6.45) is 3.98. The summed E-state index contributed by atoms with van der Waals surface area (Å²) in [4.78, 5) is 30.2. The van der Waals surface area contributed by atoms with Crippen LogP contribution in [0.2, 0.25) is 15.1 Å². The van der Waals surface area contributed by atoms with Gasteiger partial charge in [0.25, 0.3) is 10.0 Å². The molecule has 1 aliphatic carbocycles. The van der Waals surface area contributed by atoms with E-state index in [1.54, 1.807) is 48.5 Å². The van der Waals surface area contributed by atoms with E-state index in [-0.39, 0.29) is 35.5 Å². The van der Waals surface area contributed by atoms with E-state index in [0.29, 0.717) is 20.6 Å². The number of carbonyl (C=O) groups excluding carboxylic acids is 2. The van der Waals surface area contributed by atoms with Crippen LogP contribution in [0.25, 0.3) is 0 Å². The zero-order valence-corrected chi connectivity index (χ0v) is 29.0. The number of carbonyl (C=O) groups is 2. The van der Waals surface area contributed by atoms with Crippen molar-refractivity contribution in [2.75, 3.05) is 10.8 Å². The first-order valence-electron chi connectivity index (χ1n) is 15.4. The lowest BCUT2D eigenvalue weighted by atomic mass is 10.0. The number of halogens is 3. The first-order chi connectivity index (χ1) is 22.5. The van der Waals surface area contributed by atoms with Crippen molar-refractivity contribution < 1.29 is 18.0 Å². The molecule has 0 radical (unpaired) electrons. The van der Waals surface area contributed by atoms with E-state index in [9.17, 15) is 18.0 Å². The Kier molecular flexibility index (Phi) is 11.5. The van der Waals surface area contributed by atoms with Crippen LogP contribution in [0, 0.1) is 6.92 Å². The predicted octanol–water partition coefficient (Wildman–Crippen LogP) is 7.85. The van der Waals surface area contributed by atoms with E-state index in [1.165, 1.54) is 23.1 Å². The van der Waals surface area contributed by atoms with Crippen molar-refractivity contribution in [2.24, 2.45) is 0 Å². The molecule has 11 heteroatoms. The van der Waals surface area contributed by atoms with Gasteiger partial charge in [0, 0.05) is 24.0 Å². The zero-order chi connectivity index (χ0) is 33.6. The Balaban J connectivity index is 1.58. The molecule has 0 aliphatic heterocycles. The van der Waals surface area contributed by atoms with Crippen LogP contribution in [0.5, 0.6) is 0 Å². The van der Waals surface area contributed by atoms with Gasteiger partial charge in [-0.15, -0.1) is 0 Å². The second-order valence-corrected chi connectivity index (χ2v) is 14.8. The summed E-state index contributed by atoms with van der Waals surface area (Å²) in [5.41, 5.74) is 2.47. The van der Waals surface area contributed by atoms with Crippen molar-refractivity contribution >= 4 is 62.3 Å². The lowest BCUT2D eigenvalue weighted by Crippen LogP contribution is -2.54. The first-order valence-corrected chi connectivity index (χ1v) is 18.0. The minimum Gasteiger partial charge on any atom is -0.352 e. The molecule has 47 heavy (non-hydrogen) atoms. The third kappa shape index (κ3) is 8.68. The van der Waals surface area contributed by atoms with Crippen molar-refractivity contribution in [3.8, 4) is 0 Å². The number of nitrogens with one attached hydrogen (secondary N) is 1. The fraction of sp³-hybridized carbons (Fsp3) is 0.278. The minimum atomic E-state index is -4.23. The largest absolute Gasteiger partial charge is 0.352 e. The van der Waals surface area contributed by atoms with Gasteiger partial charge in [-0.1, -0.05) is 108 Å². The molecule has 0 bridgehead atoms. The number of amides is 2. The number of sulfonamides is 1. The molecule has 7 nitrogen and oxygen atoms in total. The zero-order valence-electron chi connectivity index (χ0n) is 25.9. The van der Waals surface area contributed by atoms with E-state index in [0.717, 1.165) is 41.1 Å². The van der Waals surface area contributed by atoms with Crippen LogP contribution in [0.15, 0.2) is 102 Å². The number of rotatable bonds is 12. The standard InChI is InChI=1S/C36H36Cl3N3O4S/c1-25-16-18-29(22-32(25)38)42(47(45,46)30-14-6-3-7-15-30)24-35(43)41(23-27-17-19-31(37)33(39)20-27)34(21-26-10-4-2-5-11-26)36(44)40-28-12-8-9-13-28/h2-7,10-11,14-20,22,28,34H,8-9,12-13,21,23-24H2,1H3,(H,40,44)/t34-/m0/s1. The minimum absolute atomic E-state index is 0.00681. The van der Waals surface area contributed by atoms with Crippen LogP contribution >= 0.6 is 34.8 Å². The molecule has 1 saturated carbocycles. The maximum atomic E-state index is 14.6. The Morgan fingerprint density at radius 1 is 0.809 bits per heavy atom. The molecular weight excluding hydrogens is 677 g/mol. The number of anilines is 1. The Morgan fingerprint density at radius 3 is 2.11 bits per heavy atom. The van der Waals surface area contributed by atoms with E-state index in [4.69, 9.17) is 34.8 Å². The number of hydrogen-bond donors (Lipinski definition) is 1. The fourth-order valence-electron chi connectivity index (χ4n) is 5.74. The molecule has 0 aromatic heterocycles. The van der Waals surface area contributed by atoms with Crippen LogP contribution < -0.4 is 9.62 Å². The highest BCUT2D eigenvalue weighted by Crippen LogP contribution is 2.30. The number of nitrogens with zero attached hydrogens (tertiary/aromatic N) is 2. The highest BCUT2D eigenvalue weighted by atomic mass is 35.5. The lowest BCUT2D eigenvalue weighted by molar-refractivity contribution is -0.140. The van der Waals surface area contributed by atoms with Crippen LogP contribution in [0.4, 0.5) is 5.69 Å². The van der Waals surface area contributed by atoms with Crippen LogP contribution in [0.1, 0.15) is 42.4 Å². The summed E-state index contributed by atoms with van der Waals surface area (Å²) in [5.74, 6) is -0.875. The normalized spacial score (nSPS) is 14.0. The SMILES string of the molecule is Cc1ccc(N(CC(=O)N(Cc2ccc(Cl)c(Cl)c2)[C@@H](Cc2ccccc2)C(=O)NC2CCCC2)S(=O)(=O)c2ccccc2)cc1Cl. The summed E-state index contributed by atoms with van der Waals surface area (Å²) in [5, 5.41) is 4.17. The third-order valence-electron chi connectivity index (χ3n) is 8.36. The van der Waals surface area contributed by atoms with E-state index in [2.05, 4.69) is 5.32 Å². The Labute approximate surface area is 291 Å². The van der Waals surface area contributed by atoms with Crippen molar-refractivity contribution in [1.82, 2.24) is 10.2 Å². The highest BCUT2D eigenvalue weighted by Gasteiger charge is 2.35. The first kappa shape index (κ1) is 34.8. The van der Waals surface area contributed by atoms with Crippen molar-refractivity contribution in [3.05, 3.63) is 129 Å². The molecule has 0 spiro atoms. The number of hydrogen-bond acceptors (Lipinski definition) is 4. The molecule has 0 saturated heterocycles. The fourth-order valence-corrected chi connectivity index (χ4v) is 7.66. The van der Waals surface area contributed by atoms with Crippen LogP contribution in [0.3, 0.4) is 0 Å². The van der Waals surface area contributed by atoms with E-state index >= 15 is 0 Å². The molecule has 2 amide bonds. The molecule has 5 rings (SSSR count). The van der Waals surface area contributed by atoms with Gasteiger partial charge in [0.15, 0.2) is 0 Å². The summed E-state index contributed by atoms with van der Waals surface area (Å²) in [6.45, 7) is 1.21. The van der Waals surface area contributed by atoms with Gasteiger partial charge >= 0.3 is 0 Å². The summed E-state index contributed by atoms with van der Waals surface area (Å²) in [6, 6.07) is 26.3. The van der Waals surface area contributed by atoms with Gasteiger partial charge in [-0.3, -0.25) is 13.9 Å². The Hall–Kier alpha value is -3.56. The maximum Gasteiger partial charge on any atom is 0.264 e. The van der Waals surface area contributed by atoms with Gasteiger partial charge in [0.2, 0.25) is 11.8 Å². The van der Waals surface area contributed by atoms with Crippen molar-refractivity contribution in [1.29, 1.82) is 0 Å². The molecule has 4 aromatic carbocycles. The van der Waals surface area contributed by atoms with Gasteiger partial charge in [0.05, 0.1) is 20.6 Å². The van der Waals surface area contributed by atoms with Gasteiger partial charge in [-0.2, -0.15) is 0 Å². The topological polar surface area (TPSA) is 86.8 Å². The van der Waals surface area contributed by atoms with Gasteiger partial charge < -0.3 is 10.2 Å². The monoisotopic (exact) mass is 711 g/mol. The summed E-state index contributed by atoms with van der Waals surface area (Å²) in [7, 11) is -4.23.